The third kappa shape index (κ3) is 11.9. The van der Waals surface area contributed by atoms with Crippen LogP contribution in [0.25, 0.3) is 0 Å². The fraction of sp³-hybridized carbons (Fsp3) is 0.545. The summed E-state index contributed by atoms with van der Waals surface area (Å²) in [7, 11) is 0. The van der Waals surface area contributed by atoms with Gasteiger partial charge in [0.1, 0.15) is 12.6 Å². The summed E-state index contributed by atoms with van der Waals surface area (Å²) in [5.74, 6) is -0.615. The highest BCUT2D eigenvalue weighted by molar-refractivity contribution is 14.1. The fourth-order valence-electron chi connectivity index (χ4n) is 3.03. The minimum atomic E-state index is -0.804. The van der Waals surface area contributed by atoms with E-state index in [9.17, 15) is 19.2 Å². The molecule has 0 bridgehead atoms. The van der Waals surface area contributed by atoms with Gasteiger partial charge in [0.25, 0.3) is 0 Å². The van der Waals surface area contributed by atoms with Gasteiger partial charge in [-0.1, -0.05) is 39.8 Å². The Bertz CT molecular complexity index is 801. The molecule has 0 saturated carbocycles. The Hall–Kier alpha value is -2.41. The molecule has 1 aromatic rings. The number of hydrogen-bond acceptors (Lipinski definition) is 6. The standard InChI is InChI=1S/C22H34IN5O5/c1-13(2)18(26-14(3)4)20(30)28-17(6-5-11-25-22(24)32)19(29)27-16-9-7-15(8-10-16)12-33-21(23)31/h7-10,13-14,17-18,26H,5-6,11-12H2,1-4H3,(H,27,29)(H,28,30)(H3,24,25,32)/t17-,18-/m0/s1. The van der Waals surface area contributed by atoms with E-state index in [1.54, 1.807) is 46.9 Å². The third-order valence-corrected chi connectivity index (χ3v) is 4.95. The van der Waals surface area contributed by atoms with Gasteiger partial charge in [0.15, 0.2) is 0 Å². The largest absolute Gasteiger partial charge is 0.453 e. The Morgan fingerprint density at radius 3 is 2.18 bits per heavy atom. The van der Waals surface area contributed by atoms with Crippen molar-refractivity contribution < 1.29 is 23.9 Å². The first-order valence-corrected chi connectivity index (χ1v) is 11.9. The topological polar surface area (TPSA) is 152 Å². The molecule has 0 aliphatic rings. The molecular weight excluding hydrogens is 541 g/mol. The molecular formula is C22H34IN5O5. The SMILES string of the molecule is CC(C)N[C@H](C(=O)N[C@@H](CCCNC(N)=O)C(=O)Nc1ccc(COC(=O)I)cc1)C(C)C. The zero-order valence-electron chi connectivity index (χ0n) is 19.4. The number of hydrogen-bond donors (Lipinski definition) is 5. The van der Waals surface area contributed by atoms with Gasteiger partial charge in [0.05, 0.1) is 28.6 Å². The molecule has 1 aromatic carbocycles. The minimum Gasteiger partial charge on any atom is -0.453 e. The number of primary amides is 1. The number of ether oxygens (including phenoxy) is 1. The molecule has 11 heteroatoms. The first kappa shape index (κ1) is 28.6. The van der Waals surface area contributed by atoms with Crippen LogP contribution in [0.15, 0.2) is 24.3 Å². The molecule has 33 heavy (non-hydrogen) atoms. The highest BCUT2D eigenvalue weighted by atomic mass is 127. The van der Waals surface area contributed by atoms with Crippen LogP contribution in [0.5, 0.6) is 0 Å². The fourth-order valence-corrected chi connectivity index (χ4v) is 3.19. The molecule has 2 atom stereocenters. The molecule has 0 spiro atoms. The molecule has 10 nitrogen and oxygen atoms in total. The molecule has 0 radical (unpaired) electrons. The Morgan fingerprint density at radius 2 is 1.67 bits per heavy atom. The minimum absolute atomic E-state index is 0.0248. The number of nitrogens with one attached hydrogen (secondary N) is 4. The molecule has 0 aliphatic carbocycles. The van der Waals surface area contributed by atoms with Crippen LogP contribution in [0.1, 0.15) is 46.1 Å². The normalized spacial score (nSPS) is 12.7. The highest BCUT2D eigenvalue weighted by Crippen LogP contribution is 2.13. The second kappa shape index (κ2) is 14.7. The van der Waals surface area contributed by atoms with E-state index in [-0.39, 0.29) is 36.9 Å². The van der Waals surface area contributed by atoms with Crippen molar-refractivity contribution in [3.63, 3.8) is 0 Å². The van der Waals surface area contributed by atoms with E-state index >= 15 is 0 Å². The van der Waals surface area contributed by atoms with E-state index in [1.807, 2.05) is 27.7 Å². The van der Waals surface area contributed by atoms with Gasteiger partial charge in [-0.2, -0.15) is 0 Å². The average molecular weight is 575 g/mol. The lowest BCUT2D eigenvalue weighted by atomic mass is 10.0. The Balaban J connectivity index is 2.86. The summed E-state index contributed by atoms with van der Waals surface area (Å²) >= 11 is 1.55. The van der Waals surface area contributed by atoms with Gasteiger partial charge < -0.3 is 31.7 Å². The van der Waals surface area contributed by atoms with Crippen molar-refractivity contribution in [3.05, 3.63) is 29.8 Å². The maximum absolute atomic E-state index is 13.0. The smallest absolute Gasteiger partial charge is 0.367 e. The Kier molecular flexibility index (Phi) is 12.7. The van der Waals surface area contributed by atoms with Crippen molar-refractivity contribution in [2.75, 3.05) is 11.9 Å². The van der Waals surface area contributed by atoms with Crippen LogP contribution in [0.2, 0.25) is 0 Å². The predicted octanol–water partition coefficient (Wildman–Crippen LogP) is 2.65. The van der Waals surface area contributed by atoms with Crippen LogP contribution < -0.4 is 27.0 Å². The summed E-state index contributed by atoms with van der Waals surface area (Å²) < 4.78 is 4.54. The van der Waals surface area contributed by atoms with E-state index < -0.39 is 22.1 Å². The number of carbonyl (C=O) groups excluding carboxylic acids is 4. The molecule has 4 amide bonds. The summed E-state index contributed by atoms with van der Waals surface area (Å²) in [5, 5.41) is 11.4. The lowest BCUT2D eigenvalue weighted by Crippen LogP contribution is -2.54. The summed E-state index contributed by atoms with van der Waals surface area (Å²) in [4.78, 5) is 47.7. The molecule has 0 unspecified atom stereocenters. The Morgan fingerprint density at radius 1 is 1.03 bits per heavy atom. The number of benzene rings is 1. The summed E-state index contributed by atoms with van der Waals surface area (Å²) in [5.41, 5.74) is 6.41. The average Bonchev–Trinajstić information content (AvgIpc) is 2.72. The number of urea groups is 1. The van der Waals surface area contributed by atoms with E-state index in [0.717, 1.165) is 5.56 Å². The third-order valence-electron chi connectivity index (χ3n) is 4.64. The number of amides is 4. The van der Waals surface area contributed by atoms with Gasteiger partial charge in [-0.25, -0.2) is 9.59 Å². The second-order valence-electron chi connectivity index (χ2n) is 8.25. The molecule has 184 valence electrons. The van der Waals surface area contributed by atoms with Crippen LogP contribution in [0, 0.1) is 5.92 Å². The molecule has 0 aliphatic heterocycles. The lowest BCUT2D eigenvalue weighted by Gasteiger charge is -2.27. The maximum Gasteiger partial charge on any atom is 0.367 e. The van der Waals surface area contributed by atoms with E-state index in [0.29, 0.717) is 18.5 Å². The molecule has 1 rings (SSSR count). The quantitative estimate of drug-likeness (QED) is 0.139. The monoisotopic (exact) mass is 575 g/mol. The molecule has 0 saturated heterocycles. The van der Waals surface area contributed by atoms with Gasteiger partial charge in [0, 0.05) is 18.3 Å². The number of rotatable bonds is 13. The zero-order chi connectivity index (χ0) is 25.0. The van der Waals surface area contributed by atoms with Crippen molar-refractivity contribution in [2.45, 2.75) is 65.3 Å². The summed E-state index contributed by atoms with van der Waals surface area (Å²) in [6, 6.07) is 5.06. The lowest BCUT2D eigenvalue weighted by molar-refractivity contribution is -0.129. The summed E-state index contributed by atoms with van der Waals surface area (Å²) in [6.07, 6.45) is 0.764. The first-order chi connectivity index (χ1) is 15.5. The van der Waals surface area contributed by atoms with Crippen molar-refractivity contribution in [2.24, 2.45) is 11.7 Å². The number of halogens is 1. The van der Waals surface area contributed by atoms with Gasteiger partial charge in [-0.15, -0.1) is 0 Å². The van der Waals surface area contributed by atoms with Crippen LogP contribution in [0.4, 0.5) is 15.3 Å². The van der Waals surface area contributed by atoms with Crippen LogP contribution in [-0.2, 0) is 20.9 Å². The first-order valence-electron chi connectivity index (χ1n) is 10.8. The van der Waals surface area contributed by atoms with Crippen LogP contribution >= 0.6 is 22.6 Å². The molecule has 6 N–H and O–H groups in total. The van der Waals surface area contributed by atoms with Gasteiger partial charge in [-0.05, 0) is 36.5 Å². The number of anilines is 1. The van der Waals surface area contributed by atoms with Crippen molar-refractivity contribution >= 4 is 50.1 Å². The second-order valence-corrected chi connectivity index (χ2v) is 9.13. The van der Waals surface area contributed by atoms with Gasteiger partial charge >= 0.3 is 10.0 Å². The predicted molar refractivity (Wildman–Crippen MR) is 135 cm³/mol. The highest BCUT2D eigenvalue weighted by Gasteiger charge is 2.27. The van der Waals surface area contributed by atoms with Gasteiger partial charge in [0.2, 0.25) is 11.8 Å². The van der Waals surface area contributed by atoms with Crippen molar-refractivity contribution in [1.29, 1.82) is 0 Å². The maximum atomic E-state index is 13.0. The molecule has 0 heterocycles. The molecule has 0 fully saturated rings. The number of carbonyl (C=O) groups is 4. The van der Waals surface area contributed by atoms with E-state index in [4.69, 9.17) is 10.5 Å². The van der Waals surface area contributed by atoms with E-state index in [1.165, 1.54) is 0 Å². The zero-order valence-corrected chi connectivity index (χ0v) is 21.6. The van der Waals surface area contributed by atoms with Crippen LogP contribution in [-0.4, -0.2) is 46.5 Å². The summed E-state index contributed by atoms with van der Waals surface area (Å²) in [6.45, 7) is 8.20. The molecule has 0 aromatic heterocycles. The van der Waals surface area contributed by atoms with Gasteiger partial charge in [-0.3, -0.25) is 9.59 Å². The Labute approximate surface area is 208 Å². The number of nitrogens with two attached hydrogens (primary N) is 1. The van der Waals surface area contributed by atoms with Crippen molar-refractivity contribution in [1.82, 2.24) is 16.0 Å². The van der Waals surface area contributed by atoms with Crippen molar-refractivity contribution in [3.8, 4) is 0 Å². The van der Waals surface area contributed by atoms with Crippen LogP contribution in [0.3, 0.4) is 0 Å². The van der Waals surface area contributed by atoms with E-state index in [2.05, 4.69) is 21.3 Å².